The Kier molecular flexibility index (Phi) is 6.88. The van der Waals surface area contributed by atoms with E-state index in [0.717, 1.165) is 15.8 Å². The molecule has 6 rings (SSSR count). The number of thioether (sulfide) groups is 1. The van der Waals surface area contributed by atoms with E-state index in [1.54, 1.807) is 48.5 Å². The quantitative estimate of drug-likeness (QED) is 0.293. The number of aromatic amines is 1. The van der Waals surface area contributed by atoms with Crippen LogP contribution in [-0.2, 0) is 14.4 Å². The highest BCUT2D eigenvalue weighted by molar-refractivity contribution is 9.10. The Bertz CT molecular complexity index is 1640. The summed E-state index contributed by atoms with van der Waals surface area (Å²) in [5, 5.41) is 2.63. The lowest BCUT2D eigenvalue weighted by Gasteiger charge is -2.31. The molecule has 2 unspecified atom stereocenters. The minimum Gasteiger partial charge on any atom is -0.483 e. The number of thiazole rings is 1. The van der Waals surface area contributed by atoms with Gasteiger partial charge in [-0.05, 0) is 42.5 Å². The van der Waals surface area contributed by atoms with Gasteiger partial charge in [0.2, 0.25) is 11.8 Å². The van der Waals surface area contributed by atoms with Gasteiger partial charge < -0.3 is 15.0 Å². The van der Waals surface area contributed by atoms with Gasteiger partial charge in [0.05, 0.1) is 16.6 Å². The topological polar surface area (TPSA) is 109 Å². The van der Waals surface area contributed by atoms with E-state index < -0.39 is 17.1 Å². The third kappa shape index (κ3) is 4.81. The van der Waals surface area contributed by atoms with E-state index in [0.29, 0.717) is 32.6 Å². The van der Waals surface area contributed by atoms with Crippen LogP contribution in [0.1, 0.15) is 16.4 Å². The number of rotatable bonds is 6. The number of nitrogens with one attached hydrogen (secondary N) is 2. The Balaban J connectivity index is 1.38. The molecule has 0 aliphatic carbocycles. The summed E-state index contributed by atoms with van der Waals surface area (Å²) in [4.78, 5) is 57.0. The molecule has 11 heteroatoms. The normalized spacial score (nSPS) is 19.9. The van der Waals surface area contributed by atoms with Crippen molar-refractivity contribution in [2.45, 2.75) is 16.2 Å². The van der Waals surface area contributed by atoms with Crippen LogP contribution in [0.15, 0.2) is 93.2 Å². The SMILES string of the molecule is O=C(COc1ccc(Br)cc1[C@H]1c2sc(=O)[nH]c2SC2C(=O)N(c3ccccc3)C(=O)C21)Nc1ccccc1. The number of halogens is 1. The maximum absolute atomic E-state index is 13.9. The number of aromatic nitrogens is 1. The molecule has 1 fully saturated rings. The molecule has 0 spiro atoms. The van der Waals surface area contributed by atoms with Crippen LogP contribution in [0.3, 0.4) is 0 Å². The molecule has 0 radical (unpaired) electrons. The van der Waals surface area contributed by atoms with Crippen LogP contribution >= 0.6 is 39.0 Å². The van der Waals surface area contributed by atoms with Gasteiger partial charge in [-0.1, -0.05) is 75.4 Å². The van der Waals surface area contributed by atoms with E-state index in [1.807, 2.05) is 30.3 Å². The highest BCUT2D eigenvalue weighted by Crippen LogP contribution is 2.54. The molecule has 0 bridgehead atoms. The first-order valence-electron chi connectivity index (χ1n) is 12.0. The summed E-state index contributed by atoms with van der Waals surface area (Å²) >= 11 is 5.74. The lowest BCUT2D eigenvalue weighted by Crippen LogP contribution is -2.32. The number of anilines is 2. The van der Waals surface area contributed by atoms with Crippen molar-refractivity contribution >= 4 is 68.1 Å². The lowest BCUT2D eigenvalue weighted by molar-refractivity contribution is -0.122. The minimum atomic E-state index is -0.767. The van der Waals surface area contributed by atoms with Crippen molar-refractivity contribution in [2.24, 2.45) is 5.92 Å². The van der Waals surface area contributed by atoms with Crippen LogP contribution in [-0.4, -0.2) is 34.6 Å². The van der Waals surface area contributed by atoms with E-state index in [2.05, 4.69) is 26.2 Å². The van der Waals surface area contributed by atoms with Crippen molar-refractivity contribution in [2.75, 3.05) is 16.8 Å². The number of hydrogen-bond acceptors (Lipinski definition) is 7. The summed E-state index contributed by atoms with van der Waals surface area (Å²) in [6.07, 6.45) is 0. The molecule has 3 aromatic carbocycles. The smallest absolute Gasteiger partial charge is 0.305 e. The summed E-state index contributed by atoms with van der Waals surface area (Å²) in [5.41, 5.74) is 1.76. The monoisotopic (exact) mass is 621 g/mol. The summed E-state index contributed by atoms with van der Waals surface area (Å²) in [6, 6.07) is 23.2. The predicted octanol–water partition coefficient (Wildman–Crippen LogP) is 5.01. The highest BCUT2D eigenvalue weighted by Gasteiger charge is 2.56. The number of benzene rings is 3. The van der Waals surface area contributed by atoms with Gasteiger partial charge >= 0.3 is 4.87 Å². The number of para-hydroxylation sites is 2. The number of hydrogen-bond donors (Lipinski definition) is 2. The second kappa shape index (κ2) is 10.5. The van der Waals surface area contributed by atoms with Crippen LogP contribution in [0.5, 0.6) is 5.75 Å². The first-order valence-corrected chi connectivity index (χ1v) is 14.5. The molecule has 2 aliphatic heterocycles. The number of carbonyl (C=O) groups is 3. The van der Waals surface area contributed by atoms with Crippen molar-refractivity contribution < 1.29 is 19.1 Å². The molecule has 8 nitrogen and oxygen atoms in total. The van der Waals surface area contributed by atoms with Gasteiger partial charge in [0.15, 0.2) is 6.61 Å². The zero-order valence-electron chi connectivity index (χ0n) is 20.1. The zero-order chi connectivity index (χ0) is 27.1. The van der Waals surface area contributed by atoms with Gasteiger partial charge in [-0.15, -0.1) is 0 Å². The van der Waals surface area contributed by atoms with Crippen LogP contribution in [0.4, 0.5) is 11.4 Å². The molecule has 3 heterocycles. The molecule has 0 saturated carbocycles. The molecule has 3 amide bonds. The van der Waals surface area contributed by atoms with Gasteiger partial charge in [0, 0.05) is 26.5 Å². The number of imide groups is 1. The van der Waals surface area contributed by atoms with Gasteiger partial charge in [-0.25, -0.2) is 4.90 Å². The number of nitrogens with zero attached hydrogens (tertiary/aromatic N) is 1. The molecule has 3 atom stereocenters. The molecule has 196 valence electrons. The molecule has 4 aromatic rings. The number of H-pyrrole nitrogens is 1. The number of fused-ring (bicyclic) bond motifs is 2. The van der Waals surface area contributed by atoms with E-state index in [4.69, 9.17) is 4.74 Å². The Morgan fingerprint density at radius 3 is 2.44 bits per heavy atom. The van der Waals surface area contributed by atoms with E-state index in [9.17, 15) is 19.2 Å². The lowest BCUT2D eigenvalue weighted by atomic mass is 9.82. The van der Waals surface area contributed by atoms with E-state index in [1.165, 1.54) is 16.7 Å². The summed E-state index contributed by atoms with van der Waals surface area (Å²) in [5.74, 6) is -2.03. The molecule has 39 heavy (non-hydrogen) atoms. The van der Waals surface area contributed by atoms with Crippen LogP contribution in [0.25, 0.3) is 0 Å². The van der Waals surface area contributed by atoms with Crippen molar-refractivity contribution in [1.29, 1.82) is 0 Å². The standard InChI is InChI=1S/C28H20BrN3O5S2/c29-15-11-12-19(37-14-20(33)30-16-7-3-1-4-8-16)18(13-15)21-22-24(38-25-23(21)39-28(36)31-25)27(35)32(26(22)34)17-9-5-2-6-10-17/h1-13,21-22,24H,14H2,(H,30,33)(H,31,36)/t21-,22?,24?/m1/s1. The van der Waals surface area contributed by atoms with E-state index in [-0.39, 0.29) is 29.2 Å². The van der Waals surface area contributed by atoms with Gasteiger partial charge in [0.1, 0.15) is 11.0 Å². The van der Waals surface area contributed by atoms with Crippen molar-refractivity contribution in [3.63, 3.8) is 0 Å². The van der Waals surface area contributed by atoms with Gasteiger partial charge in [-0.2, -0.15) is 0 Å². The van der Waals surface area contributed by atoms with Crippen molar-refractivity contribution in [3.8, 4) is 5.75 Å². The Morgan fingerprint density at radius 2 is 1.69 bits per heavy atom. The predicted molar refractivity (Wildman–Crippen MR) is 154 cm³/mol. The second-order valence-electron chi connectivity index (χ2n) is 8.98. The highest BCUT2D eigenvalue weighted by atomic mass is 79.9. The average Bonchev–Trinajstić information content (AvgIpc) is 3.43. The Labute approximate surface area is 239 Å². The minimum absolute atomic E-state index is 0.266. The zero-order valence-corrected chi connectivity index (χ0v) is 23.3. The molecule has 1 saturated heterocycles. The first-order chi connectivity index (χ1) is 18.9. The fourth-order valence-electron chi connectivity index (χ4n) is 4.94. The molecule has 2 N–H and O–H groups in total. The van der Waals surface area contributed by atoms with Crippen molar-refractivity contribution in [1.82, 2.24) is 4.98 Å². The van der Waals surface area contributed by atoms with E-state index >= 15 is 0 Å². The third-order valence-corrected chi connectivity index (χ3v) is 9.46. The maximum Gasteiger partial charge on any atom is 0.305 e. The third-order valence-electron chi connectivity index (χ3n) is 6.56. The Morgan fingerprint density at radius 1 is 0.974 bits per heavy atom. The fraction of sp³-hybridized carbons (Fsp3) is 0.143. The number of carbonyl (C=O) groups excluding carboxylic acids is 3. The summed E-state index contributed by atoms with van der Waals surface area (Å²) in [6.45, 7) is -0.266. The molecular weight excluding hydrogens is 602 g/mol. The number of amides is 3. The summed E-state index contributed by atoms with van der Waals surface area (Å²) < 4.78 is 6.72. The summed E-state index contributed by atoms with van der Waals surface area (Å²) in [7, 11) is 0. The number of ether oxygens (including phenoxy) is 1. The first kappa shape index (κ1) is 25.6. The average molecular weight is 623 g/mol. The Hall–Kier alpha value is -3.67. The van der Waals surface area contributed by atoms with Crippen LogP contribution < -0.4 is 19.8 Å². The van der Waals surface area contributed by atoms with Crippen LogP contribution in [0, 0.1) is 5.92 Å². The van der Waals surface area contributed by atoms with Crippen LogP contribution in [0.2, 0.25) is 0 Å². The molecule has 1 aromatic heterocycles. The fourth-order valence-corrected chi connectivity index (χ4v) is 7.82. The van der Waals surface area contributed by atoms with Crippen molar-refractivity contribution in [3.05, 3.63) is 103 Å². The van der Waals surface area contributed by atoms with Gasteiger partial charge in [0.25, 0.3) is 5.91 Å². The second-order valence-corrected chi connectivity index (χ2v) is 12.1. The molecular formula is C28H20BrN3O5S2. The van der Waals surface area contributed by atoms with Gasteiger partial charge in [-0.3, -0.25) is 19.2 Å². The maximum atomic E-state index is 13.9. The molecule has 2 aliphatic rings. The largest absolute Gasteiger partial charge is 0.483 e.